The van der Waals surface area contributed by atoms with Crippen molar-refractivity contribution in [3.63, 3.8) is 0 Å². The lowest BCUT2D eigenvalue weighted by molar-refractivity contribution is -0.0696. The van der Waals surface area contributed by atoms with Gasteiger partial charge in [-0.15, -0.1) is 0 Å². The Morgan fingerprint density at radius 1 is 1.12 bits per heavy atom. The standard InChI is InChI=1S/C19H18FN3O3/c1-12-6-18(26-23-12)17-9-22-19(10-21-17)25-16-7-15(8-16)24-11-13-2-4-14(20)5-3-13/h2-6,9-10,15-16H,7-8,11H2,1H3. The van der Waals surface area contributed by atoms with Crippen LogP contribution in [-0.4, -0.2) is 27.3 Å². The van der Waals surface area contributed by atoms with Crippen LogP contribution in [0.5, 0.6) is 5.88 Å². The molecule has 0 N–H and O–H groups in total. The van der Waals surface area contributed by atoms with E-state index in [1.54, 1.807) is 30.6 Å². The molecule has 0 radical (unpaired) electrons. The van der Waals surface area contributed by atoms with Gasteiger partial charge >= 0.3 is 0 Å². The van der Waals surface area contributed by atoms with Gasteiger partial charge in [-0.1, -0.05) is 17.3 Å². The van der Waals surface area contributed by atoms with E-state index in [1.165, 1.54) is 12.1 Å². The van der Waals surface area contributed by atoms with Gasteiger partial charge < -0.3 is 14.0 Å². The van der Waals surface area contributed by atoms with Gasteiger partial charge in [-0.3, -0.25) is 0 Å². The van der Waals surface area contributed by atoms with Crippen molar-refractivity contribution in [2.45, 2.75) is 38.6 Å². The Kier molecular flexibility index (Phi) is 4.62. The van der Waals surface area contributed by atoms with E-state index in [1.807, 2.05) is 6.92 Å². The van der Waals surface area contributed by atoms with Gasteiger partial charge in [0, 0.05) is 18.9 Å². The quantitative estimate of drug-likeness (QED) is 0.671. The predicted molar refractivity (Wildman–Crippen MR) is 90.9 cm³/mol. The van der Waals surface area contributed by atoms with Gasteiger partial charge in [0.1, 0.15) is 17.6 Å². The van der Waals surface area contributed by atoms with E-state index in [4.69, 9.17) is 14.0 Å². The van der Waals surface area contributed by atoms with E-state index >= 15 is 0 Å². The second kappa shape index (κ2) is 7.21. The Morgan fingerprint density at radius 3 is 2.58 bits per heavy atom. The third-order valence-corrected chi connectivity index (χ3v) is 4.25. The summed E-state index contributed by atoms with van der Waals surface area (Å²) in [5.41, 5.74) is 2.37. The van der Waals surface area contributed by atoms with Crippen molar-refractivity contribution in [3.8, 4) is 17.3 Å². The lowest BCUT2D eigenvalue weighted by atomic mass is 9.92. The maximum atomic E-state index is 12.9. The SMILES string of the molecule is Cc1cc(-c2cnc(OC3CC(OCc4ccc(F)cc4)C3)cn2)on1. The largest absolute Gasteiger partial charge is 0.473 e. The van der Waals surface area contributed by atoms with Crippen molar-refractivity contribution in [2.24, 2.45) is 0 Å². The smallest absolute Gasteiger partial charge is 0.232 e. The minimum absolute atomic E-state index is 0.0703. The van der Waals surface area contributed by atoms with Gasteiger partial charge in [0.25, 0.3) is 0 Å². The summed E-state index contributed by atoms with van der Waals surface area (Å²) in [6.45, 7) is 2.33. The highest BCUT2D eigenvalue weighted by Gasteiger charge is 2.32. The third kappa shape index (κ3) is 3.88. The van der Waals surface area contributed by atoms with Crippen molar-refractivity contribution in [3.05, 3.63) is 59.8 Å². The van der Waals surface area contributed by atoms with Crippen LogP contribution < -0.4 is 4.74 Å². The summed E-state index contributed by atoms with van der Waals surface area (Å²) in [6, 6.07) is 8.14. The number of nitrogens with zero attached hydrogens (tertiary/aromatic N) is 3. The summed E-state index contributed by atoms with van der Waals surface area (Å²) in [5.74, 6) is 0.822. The minimum atomic E-state index is -0.239. The zero-order valence-corrected chi connectivity index (χ0v) is 14.3. The second-order valence-corrected chi connectivity index (χ2v) is 6.34. The molecule has 4 rings (SSSR count). The van der Waals surface area contributed by atoms with E-state index in [2.05, 4.69) is 15.1 Å². The summed E-state index contributed by atoms with van der Waals surface area (Å²) in [6.07, 6.45) is 5.00. The van der Waals surface area contributed by atoms with Crippen molar-refractivity contribution in [1.29, 1.82) is 0 Å². The summed E-state index contributed by atoms with van der Waals surface area (Å²) < 4.78 is 29.6. The molecule has 1 fully saturated rings. The Hall–Kier alpha value is -2.80. The molecule has 1 aliphatic rings. The van der Waals surface area contributed by atoms with E-state index in [-0.39, 0.29) is 18.0 Å². The number of aryl methyl sites for hydroxylation is 1. The van der Waals surface area contributed by atoms with E-state index < -0.39 is 0 Å². The fraction of sp³-hybridized carbons (Fsp3) is 0.316. The molecular formula is C19H18FN3O3. The number of hydrogen-bond acceptors (Lipinski definition) is 6. The first kappa shape index (κ1) is 16.7. The zero-order valence-electron chi connectivity index (χ0n) is 14.3. The van der Waals surface area contributed by atoms with Crippen LogP contribution in [0.4, 0.5) is 4.39 Å². The normalized spacial score (nSPS) is 19.2. The average Bonchev–Trinajstić information content (AvgIpc) is 3.05. The van der Waals surface area contributed by atoms with Gasteiger partial charge in [-0.25, -0.2) is 14.4 Å². The minimum Gasteiger partial charge on any atom is -0.473 e. The maximum Gasteiger partial charge on any atom is 0.232 e. The average molecular weight is 355 g/mol. The van der Waals surface area contributed by atoms with Crippen molar-refractivity contribution in [2.75, 3.05) is 0 Å². The van der Waals surface area contributed by atoms with Gasteiger partial charge in [0.15, 0.2) is 5.76 Å². The van der Waals surface area contributed by atoms with Crippen LogP contribution in [-0.2, 0) is 11.3 Å². The Bertz CT molecular complexity index is 858. The highest BCUT2D eigenvalue weighted by Crippen LogP contribution is 2.28. The monoisotopic (exact) mass is 355 g/mol. The molecule has 134 valence electrons. The fourth-order valence-electron chi connectivity index (χ4n) is 2.70. The predicted octanol–water partition coefficient (Wildman–Crippen LogP) is 3.71. The van der Waals surface area contributed by atoms with Gasteiger partial charge in [-0.2, -0.15) is 0 Å². The molecule has 0 aliphatic heterocycles. The Labute approximate surface area is 150 Å². The molecule has 1 saturated carbocycles. The van der Waals surface area contributed by atoms with Gasteiger partial charge in [0.05, 0.1) is 30.8 Å². The lowest BCUT2D eigenvalue weighted by Gasteiger charge is -2.34. The molecule has 1 aromatic carbocycles. The molecule has 6 nitrogen and oxygen atoms in total. The van der Waals surface area contributed by atoms with E-state index in [0.717, 1.165) is 24.1 Å². The van der Waals surface area contributed by atoms with Gasteiger partial charge in [0.2, 0.25) is 5.88 Å². The molecule has 0 amide bonds. The molecule has 0 saturated heterocycles. The van der Waals surface area contributed by atoms with Crippen LogP contribution in [0.1, 0.15) is 24.1 Å². The van der Waals surface area contributed by atoms with Crippen molar-refractivity contribution in [1.82, 2.24) is 15.1 Å². The highest BCUT2D eigenvalue weighted by atomic mass is 19.1. The molecule has 26 heavy (non-hydrogen) atoms. The number of benzene rings is 1. The molecule has 0 bridgehead atoms. The molecule has 0 unspecified atom stereocenters. The number of aromatic nitrogens is 3. The number of hydrogen-bond donors (Lipinski definition) is 0. The van der Waals surface area contributed by atoms with Crippen molar-refractivity contribution >= 4 is 0 Å². The maximum absolute atomic E-state index is 12.9. The number of rotatable bonds is 6. The van der Waals surface area contributed by atoms with Gasteiger partial charge in [-0.05, 0) is 24.6 Å². The molecule has 0 atom stereocenters. The second-order valence-electron chi connectivity index (χ2n) is 6.34. The lowest BCUT2D eigenvalue weighted by Crippen LogP contribution is -2.39. The van der Waals surface area contributed by atoms with Crippen LogP contribution in [0.2, 0.25) is 0 Å². The summed E-state index contributed by atoms with van der Waals surface area (Å²) in [7, 11) is 0. The first-order valence-electron chi connectivity index (χ1n) is 8.44. The summed E-state index contributed by atoms with van der Waals surface area (Å²) in [5, 5.41) is 3.83. The van der Waals surface area contributed by atoms with Crippen LogP contribution in [0.15, 0.2) is 47.2 Å². The first-order valence-corrected chi connectivity index (χ1v) is 8.44. The molecule has 2 aromatic heterocycles. The molecule has 7 heteroatoms. The topological polar surface area (TPSA) is 70.3 Å². The Morgan fingerprint density at radius 2 is 1.92 bits per heavy atom. The molecule has 1 aliphatic carbocycles. The first-order chi connectivity index (χ1) is 12.7. The van der Waals surface area contributed by atoms with E-state index in [0.29, 0.717) is 23.9 Å². The zero-order chi connectivity index (χ0) is 17.9. The van der Waals surface area contributed by atoms with Crippen LogP contribution in [0.25, 0.3) is 11.5 Å². The summed E-state index contributed by atoms with van der Waals surface area (Å²) in [4.78, 5) is 8.56. The fourth-order valence-corrected chi connectivity index (χ4v) is 2.70. The molecule has 2 heterocycles. The third-order valence-electron chi connectivity index (χ3n) is 4.25. The number of ether oxygens (including phenoxy) is 2. The van der Waals surface area contributed by atoms with Crippen LogP contribution in [0.3, 0.4) is 0 Å². The Balaban J connectivity index is 1.23. The van der Waals surface area contributed by atoms with Crippen molar-refractivity contribution < 1.29 is 18.4 Å². The molecule has 3 aromatic rings. The summed E-state index contributed by atoms with van der Waals surface area (Å²) >= 11 is 0. The highest BCUT2D eigenvalue weighted by molar-refractivity contribution is 5.50. The van der Waals surface area contributed by atoms with Crippen LogP contribution >= 0.6 is 0 Å². The molecular weight excluding hydrogens is 337 g/mol. The van der Waals surface area contributed by atoms with E-state index in [9.17, 15) is 4.39 Å². The molecule has 0 spiro atoms. The number of halogens is 1. The van der Waals surface area contributed by atoms with Crippen LogP contribution in [0, 0.1) is 12.7 Å².